The lowest BCUT2D eigenvalue weighted by molar-refractivity contribution is 0.517. The third-order valence-corrected chi connectivity index (χ3v) is 7.54. The van der Waals surface area contributed by atoms with Crippen molar-refractivity contribution in [3.05, 3.63) is 100 Å². The summed E-state index contributed by atoms with van der Waals surface area (Å²) in [6.07, 6.45) is 0.465. The molecule has 1 aliphatic rings. The van der Waals surface area contributed by atoms with E-state index in [1.54, 1.807) is 12.1 Å². The summed E-state index contributed by atoms with van der Waals surface area (Å²) >= 11 is 3.58. The number of rotatable bonds is 5. The molecule has 0 spiro atoms. The molecule has 29 heavy (non-hydrogen) atoms. The van der Waals surface area contributed by atoms with Crippen LogP contribution in [0.1, 0.15) is 22.7 Å². The molecule has 3 aromatic carbocycles. The van der Waals surface area contributed by atoms with Crippen molar-refractivity contribution in [3.63, 3.8) is 0 Å². The Labute approximate surface area is 180 Å². The van der Waals surface area contributed by atoms with E-state index in [2.05, 4.69) is 15.9 Å². The van der Waals surface area contributed by atoms with Gasteiger partial charge < -0.3 is 0 Å². The van der Waals surface area contributed by atoms with Gasteiger partial charge in [0.2, 0.25) is 0 Å². The van der Waals surface area contributed by atoms with Crippen molar-refractivity contribution in [1.82, 2.24) is 4.31 Å². The number of nitrogens with zero attached hydrogens (tertiary/aromatic N) is 2. The lowest BCUT2D eigenvalue weighted by Crippen LogP contribution is -2.35. The number of aryl methyl sites for hydroxylation is 1. The second-order valence-electron chi connectivity index (χ2n) is 7.09. The van der Waals surface area contributed by atoms with Crippen LogP contribution in [0.2, 0.25) is 0 Å². The zero-order valence-corrected chi connectivity index (χ0v) is 18.4. The van der Waals surface area contributed by atoms with Gasteiger partial charge in [-0.3, -0.25) is 9.30 Å². The molecule has 0 bridgehead atoms. The van der Waals surface area contributed by atoms with Crippen molar-refractivity contribution in [3.8, 4) is 0 Å². The van der Waals surface area contributed by atoms with Crippen LogP contribution in [0.15, 0.2) is 93.2 Å². The van der Waals surface area contributed by atoms with Gasteiger partial charge in [0, 0.05) is 10.9 Å². The van der Waals surface area contributed by atoms with Gasteiger partial charge in [0.15, 0.2) is 0 Å². The van der Waals surface area contributed by atoms with Gasteiger partial charge in [-0.2, -0.15) is 0 Å². The summed E-state index contributed by atoms with van der Waals surface area (Å²) in [5.74, 6) is 0.567. The highest BCUT2D eigenvalue weighted by Crippen LogP contribution is 2.34. The van der Waals surface area contributed by atoms with Crippen molar-refractivity contribution in [2.75, 3.05) is 6.54 Å². The highest BCUT2D eigenvalue weighted by atomic mass is 79.9. The summed E-state index contributed by atoms with van der Waals surface area (Å²) in [5, 5.41) is 0. The molecule has 1 heterocycles. The first kappa shape index (κ1) is 19.9. The molecule has 148 valence electrons. The third-order valence-electron chi connectivity index (χ3n) is 5.01. The Morgan fingerprint density at radius 1 is 0.966 bits per heavy atom. The number of benzene rings is 3. The topological polar surface area (TPSA) is 49.7 Å². The van der Waals surface area contributed by atoms with E-state index in [1.807, 2.05) is 73.7 Å². The fraction of sp³-hybridized carbons (Fsp3) is 0.174. The van der Waals surface area contributed by atoms with Crippen LogP contribution in [0.3, 0.4) is 0 Å². The summed E-state index contributed by atoms with van der Waals surface area (Å²) < 4.78 is 29.3. The monoisotopic (exact) mass is 468 g/mol. The van der Waals surface area contributed by atoms with Crippen LogP contribution in [0.4, 0.5) is 0 Å². The molecule has 0 saturated heterocycles. The average Bonchev–Trinajstić information content (AvgIpc) is 3.14. The zero-order chi connectivity index (χ0) is 20.4. The first-order valence-electron chi connectivity index (χ1n) is 9.39. The molecule has 0 N–H and O–H groups in total. The predicted octanol–water partition coefficient (Wildman–Crippen LogP) is 5.14. The van der Waals surface area contributed by atoms with E-state index in [0.717, 1.165) is 21.2 Å². The Hall–Kier alpha value is -2.44. The fourth-order valence-electron chi connectivity index (χ4n) is 3.45. The lowest BCUT2D eigenvalue weighted by atomic mass is 10.1. The van der Waals surface area contributed by atoms with Crippen LogP contribution in [0.25, 0.3) is 0 Å². The van der Waals surface area contributed by atoms with E-state index in [1.165, 1.54) is 4.31 Å². The van der Waals surface area contributed by atoms with Crippen LogP contribution in [-0.2, 0) is 16.4 Å². The van der Waals surface area contributed by atoms with Gasteiger partial charge in [0.05, 0.1) is 17.5 Å². The highest BCUT2D eigenvalue weighted by Gasteiger charge is 2.36. The minimum Gasteiger partial charge on any atom is -0.261 e. The minimum atomic E-state index is -3.69. The normalized spacial score (nSPS) is 16.7. The summed E-state index contributed by atoms with van der Waals surface area (Å²) in [6.45, 7) is 2.23. The maximum atomic E-state index is 13.4. The first-order valence-corrected chi connectivity index (χ1v) is 11.6. The summed E-state index contributed by atoms with van der Waals surface area (Å²) in [4.78, 5) is 5.13. The van der Waals surface area contributed by atoms with Crippen LogP contribution in [0, 0.1) is 6.92 Å². The molecule has 4 rings (SSSR count). The van der Waals surface area contributed by atoms with Crippen molar-refractivity contribution >= 4 is 31.8 Å². The summed E-state index contributed by atoms with van der Waals surface area (Å²) in [5.41, 5.74) is 3.04. The number of halogens is 1. The number of sulfonamides is 1. The van der Waals surface area contributed by atoms with Gasteiger partial charge in [-0.05, 0) is 36.2 Å². The van der Waals surface area contributed by atoms with Crippen LogP contribution < -0.4 is 0 Å². The quantitative estimate of drug-likeness (QED) is 0.520. The smallest absolute Gasteiger partial charge is 0.261 e. The molecule has 3 aromatic rings. The van der Waals surface area contributed by atoms with Gasteiger partial charge in [-0.25, -0.2) is 8.42 Å². The number of amidine groups is 1. The molecule has 6 heteroatoms. The summed E-state index contributed by atoms with van der Waals surface area (Å²) in [7, 11) is -3.69. The standard InChI is InChI=1S/C23H21BrN2O2S/c1-17-11-13-19(14-12-17)29(27,28)26-16-22(20-9-5-6-10-21(20)24)25-23(26)15-18-7-3-2-4-8-18/h2-14,22H,15-16H2,1H3. The van der Waals surface area contributed by atoms with E-state index < -0.39 is 10.0 Å². The van der Waals surface area contributed by atoms with Crippen LogP contribution >= 0.6 is 15.9 Å². The van der Waals surface area contributed by atoms with Crippen molar-refractivity contribution < 1.29 is 8.42 Å². The van der Waals surface area contributed by atoms with E-state index in [-0.39, 0.29) is 10.9 Å². The van der Waals surface area contributed by atoms with Gasteiger partial charge in [-0.1, -0.05) is 82.2 Å². The Morgan fingerprint density at radius 3 is 2.31 bits per heavy atom. The SMILES string of the molecule is Cc1ccc(S(=O)(=O)N2CC(c3ccccc3Br)N=C2Cc2ccccc2)cc1. The molecule has 1 atom stereocenters. The molecule has 1 unspecified atom stereocenters. The molecular weight excluding hydrogens is 448 g/mol. The fourth-order valence-corrected chi connectivity index (χ4v) is 5.46. The Balaban J connectivity index is 1.74. The van der Waals surface area contributed by atoms with Crippen molar-refractivity contribution in [2.24, 2.45) is 4.99 Å². The highest BCUT2D eigenvalue weighted by molar-refractivity contribution is 9.10. The molecule has 0 fully saturated rings. The maximum absolute atomic E-state index is 13.4. The van der Waals surface area contributed by atoms with Crippen LogP contribution in [-0.4, -0.2) is 25.1 Å². The molecular formula is C23H21BrN2O2S. The summed E-state index contributed by atoms with van der Waals surface area (Å²) in [6, 6.07) is 24.4. The van der Waals surface area contributed by atoms with Gasteiger partial charge in [0.1, 0.15) is 5.84 Å². The Bertz CT molecular complexity index is 1140. The Kier molecular flexibility index (Phi) is 5.56. The number of aliphatic imine (C=N–C) groups is 1. The van der Waals surface area contributed by atoms with E-state index in [0.29, 0.717) is 18.8 Å². The lowest BCUT2D eigenvalue weighted by Gasteiger charge is -2.21. The van der Waals surface area contributed by atoms with Gasteiger partial charge in [0.25, 0.3) is 10.0 Å². The number of hydrogen-bond acceptors (Lipinski definition) is 3. The van der Waals surface area contributed by atoms with Gasteiger partial charge in [-0.15, -0.1) is 0 Å². The largest absolute Gasteiger partial charge is 0.265 e. The Morgan fingerprint density at radius 2 is 1.62 bits per heavy atom. The molecule has 0 saturated carbocycles. The van der Waals surface area contributed by atoms with Gasteiger partial charge >= 0.3 is 0 Å². The van der Waals surface area contributed by atoms with Crippen molar-refractivity contribution in [1.29, 1.82) is 0 Å². The molecule has 0 aliphatic carbocycles. The van der Waals surface area contributed by atoms with Crippen LogP contribution in [0.5, 0.6) is 0 Å². The van der Waals surface area contributed by atoms with E-state index >= 15 is 0 Å². The zero-order valence-electron chi connectivity index (χ0n) is 16.0. The van der Waals surface area contributed by atoms with Crippen molar-refractivity contribution in [2.45, 2.75) is 24.3 Å². The van der Waals surface area contributed by atoms with E-state index in [9.17, 15) is 8.42 Å². The molecule has 0 aromatic heterocycles. The predicted molar refractivity (Wildman–Crippen MR) is 120 cm³/mol. The number of hydrogen-bond donors (Lipinski definition) is 0. The molecule has 1 aliphatic heterocycles. The molecule has 0 amide bonds. The molecule has 4 nitrogen and oxygen atoms in total. The maximum Gasteiger partial charge on any atom is 0.265 e. The van der Waals surface area contributed by atoms with E-state index in [4.69, 9.17) is 4.99 Å². The second-order valence-corrected chi connectivity index (χ2v) is 9.81. The second kappa shape index (κ2) is 8.13. The third kappa shape index (κ3) is 4.14. The minimum absolute atomic E-state index is 0.246. The first-order chi connectivity index (χ1) is 13.9. The average molecular weight is 469 g/mol. The molecule has 0 radical (unpaired) electrons.